The van der Waals surface area contributed by atoms with E-state index >= 15 is 0 Å². The van der Waals surface area contributed by atoms with Crippen LogP contribution in [0.2, 0.25) is 0 Å². The number of hydrogen-bond donors (Lipinski definition) is 1. The summed E-state index contributed by atoms with van der Waals surface area (Å²) in [6, 6.07) is 4.68. The molecule has 5 heteroatoms. The van der Waals surface area contributed by atoms with Crippen molar-refractivity contribution in [3.63, 3.8) is 0 Å². The zero-order valence-electron chi connectivity index (χ0n) is 14.9. The number of carbonyl (C=O) groups excluding carboxylic acids is 1. The van der Waals surface area contributed by atoms with Crippen LogP contribution in [0.15, 0.2) is 30.6 Å². The van der Waals surface area contributed by atoms with Gasteiger partial charge in [-0.05, 0) is 51.8 Å². The van der Waals surface area contributed by atoms with Crippen molar-refractivity contribution in [2.24, 2.45) is 0 Å². The van der Waals surface area contributed by atoms with Crippen molar-refractivity contribution >= 4 is 22.6 Å². The average molecular weight is 326 g/mol. The Hall–Kier alpha value is -2.30. The molecule has 0 saturated heterocycles. The minimum absolute atomic E-state index is 0.0200. The van der Waals surface area contributed by atoms with E-state index in [0.717, 1.165) is 18.6 Å². The van der Waals surface area contributed by atoms with E-state index in [2.05, 4.69) is 47.1 Å². The van der Waals surface area contributed by atoms with Crippen LogP contribution in [0.4, 0.5) is 4.79 Å². The van der Waals surface area contributed by atoms with Crippen molar-refractivity contribution in [1.29, 1.82) is 0 Å². The monoisotopic (exact) mass is 326 g/mol. The van der Waals surface area contributed by atoms with E-state index < -0.39 is 0 Å². The molecule has 1 aliphatic rings. The third-order valence-corrected chi connectivity index (χ3v) is 4.40. The summed E-state index contributed by atoms with van der Waals surface area (Å²) in [5, 5.41) is 4.15. The van der Waals surface area contributed by atoms with Crippen LogP contribution < -0.4 is 5.32 Å². The Bertz CT molecular complexity index is 773. The molecule has 24 heavy (non-hydrogen) atoms. The third kappa shape index (κ3) is 3.16. The van der Waals surface area contributed by atoms with E-state index in [9.17, 15) is 4.79 Å². The molecule has 2 aromatic rings. The zero-order chi connectivity index (χ0) is 17.3. The molecule has 1 aliphatic heterocycles. The standard InChI is InChI=1S/C19H26N4O/c1-13(2)21-19(24)22-10-7-15(8-11-22)17-12-23(14(3)4)18-16(17)6-5-9-20-18/h5-7,9,12-14H,8,10-11H2,1-4H3,(H,21,24). The lowest BCUT2D eigenvalue weighted by Crippen LogP contribution is -2.44. The Morgan fingerprint density at radius 1 is 1.29 bits per heavy atom. The van der Waals surface area contributed by atoms with Crippen LogP contribution in [0.5, 0.6) is 0 Å². The first-order valence-electron chi connectivity index (χ1n) is 8.67. The first-order valence-corrected chi connectivity index (χ1v) is 8.67. The van der Waals surface area contributed by atoms with Gasteiger partial charge in [-0.1, -0.05) is 6.08 Å². The van der Waals surface area contributed by atoms with Crippen LogP contribution in [-0.4, -0.2) is 39.6 Å². The summed E-state index contributed by atoms with van der Waals surface area (Å²) >= 11 is 0. The van der Waals surface area contributed by atoms with Gasteiger partial charge in [-0.3, -0.25) is 0 Å². The zero-order valence-corrected chi connectivity index (χ0v) is 14.9. The molecular formula is C19H26N4O. The van der Waals surface area contributed by atoms with Crippen LogP contribution in [0, 0.1) is 0 Å². The summed E-state index contributed by atoms with van der Waals surface area (Å²) in [6.45, 7) is 9.71. The van der Waals surface area contributed by atoms with E-state index in [1.165, 1.54) is 16.5 Å². The van der Waals surface area contributed by atoms with Crippen molar-refractivity contribution in [2.75, 3.05) is 13.1 Å². The number of aromatic nitrogens is 2. The van der Waals surface area contributed by atoms with Crippen molar-refractivity contribution in [3.8, 4) is 0 Å². The Kier molecular flexibility index (Phi) is 4.60. The number of pyridine rings is 1. The molecule has 2 amide bonds. The maximum absolute atomic E-state index is 12.1. The molecule has 0 bridgehead atoms. The number of nitrogens with one attached hydrogen (secondary N) is 1. The molecule has 0 aliphatic carbocycles. The number of hydrogen-bond acceptors (Lipinski definition) is 2. The molecule has 0 unspecified atom stereocenters. The Balaban J connectivity index is 1.87. The molecule has 0 saturated carbocycles. The smallest absolute Gasteiger partial charge is 0.317 e. The van der Waals surface area contributed by atoms with Gasteiger partial charge in [0.25, 0.3) is 0 Å². The van der Waals surface area contributed by atoms with Gasteiger partial charge in [0.15, 0.2) is 0 Å². The molecular weight excluding hydrogens is 300 g/mol. The summed E-state index contributed by atoms with van der Waals surface area (Å²) in [5.41, 5.74) is 3.58. The number of urea groups is 1. The van der Waals surface area contributed by atoms with Gasteiger partial charge in [0.2, 0.25) is 0 Å². The number of rotatable bonds is 3. The summed E-state index contributed by atoms with van der Waals surface area (Å²) in [5.74, 6) is 0. The van der Waals surface area contributed by atoms with Gasteiger partial charge in [0, 0.05) is 48.5 Å². The van der Waals surface area contributed by atoms with Crippen molar-refractivity contribution in [1.82, 2.24) is 19.8 Å². The largest absolute Gasteiger partial charge is 0.336 e. The Morgan fingerprint density at radius 3 is 2.71 bits per heavy atom. The normalized spacial score (nSPS) is 15.2. The molecule has 0 aromatic carbocycles. The number of amides is 2. The van der Waals surface area contributed by atoms with Crippen LogP contribution in [0.25, 0.3) is 16.6 Å². The van der Waals surface area contributed by atoms with Crippen molar-refractivity contribution < 1.29 is 4.79 Å². The SMILES string of the molecule is CC(C)NC(=O)N1CC=C(c2cn(C(C)C)c3ncccc23)CC1. The molecule has 0 spiro atoms. The minimum Gasteiger partial charge on any atom is -0.336 e. The van der Waals surface area contributed by atoms with E-state index in [-0.39, 0.29) is 12.1 Å². The fourth-order valence-corrected chi connectivity index (χ4v) is 3.17. The average Bonchev–Trinajstić information content (AvgIpc) is 2.94. The van der Waals surface area contributed by atoms with Gasteiger partial charge >= 0.3 is 6.03 Å². The van der Waals surface area contributed by atoms with Gasteiger partial charge < -0.3 is 14.8 Å². The molecule has 2 aromatic heterocycles. The van der Waals surface area contributed by atoms with Crippen LogP contribution in [0.1, 0.15) is 45.7 Å². The molecule has 5 nitrogen and oxygen atoms in total. The van der Waals surface area contributed by atoms with E-state index in [1.807, 2.05) is 31.0 Å². The quantitative estimate of drug-likeness (QED) is 0.932. The molecule has 3 heterocycles. The Labute approximate surface area is 143 Å². The summed E-state index contributed by atoms with van der Waals surface area (Å²) in [4.78, 5) is 18.5. The molecule has 1 N–H and O–H groups in total. The van der Waals surface area contributed by atoms with Gasteiger partial charge in [-0.2, -0.15) is 0 Å². The summed E-state index contributed by atoms with van der Waals surface area (Å²) < 4.78 is 2.23. The Morgan fingerprint density at radius 2 is 2.08 bits per heavy atom. The molecule has 0 radical (unpaired) electrons. The lowest BCUT2D eigenvalue weighted by Gasteiger charge is -2.27. The van der Waals surface area contributed by atoms with Gasteiger partial charge in [-0.25, -0.2) is 9.78 Å². The molecule has 0 fully saturated rings. The topological polar surface area (TPSA) is 50.2 Å². The third-order valence-electron chi connectivity index (χ3n) is 4.40. The van der Waals surface area contributed by atoms with E-state index in [4.69, 9.17) is 0 Å². The second-order valence-corrected chi connectivity index (χ2v) is 6.95. The molecule has 128 valence electrons. The van der Waals surface area contributed by atoms with E-state index in [1.54, 1.807) is 0 Å². The second-order valence-electron chi connectivity index (χ2n) is 6.95. The van der Waals surface area contributed by atoms with Crippen LogP contribution >= 0.6 is 0 Å². The maximum Gasteiger partial charge on any atom is 0.317 e. The number of fused-ring (bicyclic) bond motifs is 1. The van der Waals surface area contributed by atoms with E-state index in [0.29, 0.717) is 12.6 Å². The first-order chi connectivity index (χ1) is 11.5. The van der Waals surface area contributed by atoms with Crippen molar-refractivity contribution in [3.05, 3.63) is 36.2 Å². The molecule has 3 rings (SSSR count). The fourth-order valence-electron chi connectivity index (χ4n) is 3.17. The van der Waals surface area contributed by atoms with Gasteiger partial charge in [0.05, 0.1) is 0 Å². The molecule has 0 atom stereocenters. The van der Waals surface area contributed by atoms with Crippen LogP contribution in [-0.2, 0) is 0 Å². The van der Waals surface area contributed by atoms with Crippen LogP contribution in [0.3, 0.4) is 0 Å². The fraction of sp³-hybridized carbons (Fsp3) is 0.474. The number of carbonyl (C=O) groups is 1. The highest BCUT2D eigenvalue weighted by molar-refractivity contribution is 5.91. The summed E-state index contributed by atoms with van der Waals surface area (Å²) in [7, 11) is 0. The minimum atomic E-state index is 0.0200. The second kappa shape index (κ2) is 6.67. The highest BCUT2D eigenvalue weighted by Crippen LogP contribution is 2.31. The lowest BCUT2D eigenvalue weighted by molar-refractivity contribution is 0.200. The predicted octanol–water partition coefficient (Wildman–Crippen LogP) is 3.82. The lowest BCUT2D eigenvalue weighted by atomic mass is 10.00. The predicted molar refractivity (Wildman–Crippen MR) is 98.0 cm³/mol. The van der Waals surface area contributed by atoms with Crippen molar-refractivity contribution in [2.45, 2.75) is 46.2 Å². The highest BCUT2D eigenvalue weighted by atomic mass is 16.2. The first kappa shape index (κ1) is 16.6. The van der Waals surface area contributed by atoms with Gasteiger partial charge in [-0.15, -0.1) is 0 Å². The highest BCUT2D eigenvalue weighted by Gasteiger charge is 2.21. The summed E-state index contributed by atoms with van der Waals surface area (Å²) in [6.07, 6.45) is 7.10. The number of nitrogens with zero attached hydrogens (tertiary/aromatic N) is 3. The van der Waals surface area contributed by atoms with Gasteiger partial charge in [0.1, 0.15) is 5.65 Å². The maximum atomic E-state index is 12.1.